The number of carbonyl (C=O) groups is 1. The summed E-state index contributed by atoms with van der Waals surface area (Å²) in [4.78, 5) is 21.2. The fourth-order valence-corrected chi connectivity index (χ4v) is 4.18. The van der Waals surface area contributed by atoms with E-state index in [0.29, 0.717) is 12.2 Å². The molecule has 2 heterocycles. The lowest BCUT2D eigenvalue weighted by Gasteiger charge is -2.39. The van der Waals surface area contributed by atoms with Gasteiger partial charge in [-0.2, -0.15) is 0 Å². The van der Waals surface area contributed by atoms with Gasteiger partial charge in [-0.05, 0) is 35.4 Å². The number of carbonyl (C=O) groups excluding carboxylic acids is 1. The zero-order chi connectivity index (χ0) is 21.5. The van der Waals surface area contributed by atoms with E-state index in [-0.39, 0.29) is 11.9 Å². The number of piperazine rings is 1. The monoisotopic (exact) mass is 434 g/mol. The lowest BCUT2D eigenvalue weighted by Crippen LogP contribution is -2.49. The Labute approximate surface area is 188 Å². The third-order valence-electron chi connectivity index (χ3n) is 5.68. The molecule has 1 aliphatic rings. The van der Waals surface area contributed by atoms with Gasteiger partial charge < -0.3 is 5.32 Å². The van der Waals surface area contributed by atoms with Crippen LogP contribution in [0.25, 0.3) is 0 Å². The first-order chi connectivity index (χ1) is 15.2. The SMILES string of the molecule is O=C(NCCN1CCN(C(c2ccccc2)c2ccc(Cl)cc2)CC1)c1ccccn1. The summed E-state index contributed by atoms with van der Waals surface area (Å²) in [5, 5.41) is 3.73. The van der Waals surface area contributed by atoms with Gasteiger partial charge in [-0.15, -0.1) is 0 Å². The minimum Gasteiger partial charge on any atom is -0.349 e. The van der Waals surface area contributed by atoms with Gasteiger partial charge in [-0.3, -0.25) is 19.6 Å². The first-order valence-corrected chi connectivity index (χ1v) is 11.0. The van der Waals surface area contributed by atoms with Crippen LogP contribution in [0, 0.1) is 0 Å². The van der Waals surface area contributed by atoms with Crippen molar-refractivity contribution in [2.24, 2.45) is 0 Å². The highest BCUT2D eigenvalue weighted by atomic mass is 35.5. The standard InChI is InChI=1S/C25H27ClN4O/c26-22-11-9-21(10-12-22)24(20-6-2-1-3-7-20)30-18-16-29(17-19-30)15-14-28-25(31)23-8-4-5-13-27-23/h1-13,24H,14-19H2,(H,28,31). The summed E-state index contributed by atoms with van der Waals surface area (Å²) < 4.78 is 0. The van der Waals surface area contributed by atoms with Gasteiger partial charge in [0, 0.05) is 50.5 Å². The third kappa shape index (κ3) is 5.70. The molecule has 31 heavy (non-hydrogen) atoms. The molecule has 0 bridgehead atoms. The summed E-state index contributed by atoms with van der Waals surface area (Å²) in [6.45, 7) is 5.33. The molecular weight excluding hydrogens is 408 g/mol. The first-order valence-electron chi connectivity index (χ1n) is 10.7. The Morgan fingerprint density at radius 2 is 1.58 bits per heavy atom. The van der Waals surface area contributed by atoms with Crippen molar-refractivity contribution in [2.45, 2.75) is 6.04 Å². The van der Waals surface area contributed by atoms with Gasteiger partial charge in [0.05, 0.1) is 6.04 Å². The lowest BCUT2D eigenvalue weighted by molar-refractivity contribution is 0.0916. The Hall–Kier alpha value is -2.73. The Bertz CT molecular complexity index is 958. The minimum absolute atomic E-state index is 0.119. The zero-order valence-electron chi connectivity index (χ0n) is 17.5. The molecule has 1 aromatic heterocycles. The van der Waals surface area contributed by atoms with Crippen LogP contribution in [0.1, 0.15) is 27.7 Å². The van der Waals surface area contributed by atoms with E-state index in [1.165, 1.54) is 11.1 Å². The molecule has 2 aromatic carbocycles. The van der Waals surface area contributed by atoms with Crippen LogP contribution in [-0.2, 0) is 0 Å². The van der Waals surface area contributed by atoms with E-state index in [2.05, 4.69) is 62.6 Å². The Morgan fingerprint density at radius 3 is 2.26 bits per heavy atom. The molecule has 1 saturated heterocycles. The van der Waals surface area contributed by atoms with E-state index in [1.807, 2.05) is 24.3 Å². The van der Waals surface area contributed by atoms with Crippen LogP contribution in [-0.4, -0.2) is 60.0 Å². The molecule has 3 aromatic rings. The number of nitrogens with one attached hydrogen (secondary N) is 1. The summed E-state index contributed by atoms with van der Waals surface area (Å²) in [5.74, 6) is -0.119. The Balaban J connectivity index is 1.33. The van der Waals surface area contributed by atoms with E-state index in [9.17, 15) is 4.79 Å². The predicted molar refractivity (Wildman–Crippen MR) is 124 cm³/mol. The van der Waals surface area contributed by atoms with Gasteiger partial charge in [-0.1, -0.05) is 60.1 Å². The Kier molecular flexibility index (Phi) is 7.30. The fraction of sp³-hybridized carbons (Fsp3) is 0.280. The second-order valence-electron chi connectivity index (χ2n) is 7.71. The molecule has 1 unspecified atom stereocenters. The average molecular weight is 435 g/mol. The van der Waals surface area contributed by atoms with Crippen LogP contribution in [0.4, 0.5) is 0 Å². The number of pyridine rings is 1. The van der Waals surface area contributed by atoms with E-state index < -0.39 is 0 Å². The molecule has 1 N–H and O–H groups in total. The van der Waals surface area contributed by atoms with Crippen molar-refractivity contribution in [3.05, 3.63) is 101 Å². The summed E-state index contributed by atoms with van der Waals surface area (Å²) in [7, 11) is 0. The molecule has 4 rings (SSSR count). The normalized spacial score (nSPS) is 16.0. The summed E-state index contributed by atoms with van der Waals surface area (Å²) in [5.41, 5.74) is 3.01. The van der Waals surface area contributed by atoms with Crippen molar-refractivity contribution in [1.82, 2.24) is 20.1 Å². The molecule has 1 fully saturated rings. The number of benzene rings is 2. The van der Waals surface area contributed by atoms with Crippen LogP contribution in [0.3, 0.4) is 0 Å². The van der Waals surface area contributed by atoms with Crippen LogP contribution in [0.2, 0.25) is 5.02 Å². The van der Waals surface area contributed by atoms with Gasteiger partial charge in [-0.25, -0.2) is 0 Å². The van der Waals surface area contributed by atoms with Crippen molar-refractivity contribution in [3.8, 4) is 0 Å². The van der Waals surface area contributed by atoms with E-state index >= 15 is 0 Å². The molecule has 160 valence electrons. The number of nitrogens with zero attached hydrogens (tertiary/aromatic N) is 3. The quantitative estimate of drug-likeness (QED) is 0.613. The zero-order valence-corrected chi connectivity index (χ0v) is 18.2. The molecule has 1 atom stereocenters. The molecule has 1 aliphatic heterocycles. The van der Waals surface area contributed by atoms with Crippen LogP contribution in [0.15, 0.2) is 79.0 Å². The molecule has 0 radical (unpaired) electrons. The minimum atomic E-state index is -0.119. The van der Waals surface area contributed by atoms with Crippen LogP contribution in [0.5, 0.6) is 0 Å². The molecule has 6 heteroatoms. The van der Waals surface area contributed by atoms with Crippen molar-refractivity contribution in [3.63, 3.8) is 0 Å². The van der Waals surface area contributed by atoms with Crippen LogP contribution >= 0.6 is 11.6 Å². The van der Waals surface area contributed by atoms with Crippen molar-refractivity contribution in [1.29, 1.82) is 0 Å². The number of amides is 1. The van der Waals surface area contributed by atoms with Crippen molar-refractivity contribution < 1.29 is 4.79 Å². The highest BCUT2D eigenvalue weighted by Crippen LogP contribution is 2.30. The summed E-state index contributed by atoms with van der Waals surface area (Å²) in [6.07, 6.45) is 1.64. The second-order valence-corrected chi connectivity index (χ2v) is 8.15. The molecular formula is C25H27ClN4O. The topological polar surface area (TPSA) is 48.5 Å². The largest absolute Gasteiger partial charge is 0.349 e. The van der Waals surface area contributed by atoms with Crippen molar-refractivity contribution >= 4 is 17.5 Å². The smallest absolute Gasteiger partial charge is 0.269 e. The van der Waals surface area contributed by atoms with Crippen LogP contribution < -0.4 is 5.32 Å². The number of halogens is 1. The van der Waals surface area contributed by atoms with Gasteiger partial charge in [0.1, 0.15) is 5.69 Å². The van der Waals surface area contributed by atoms with Crippen molar-refractivity contribution in [2.75, 3.05) is 39.3 Å². The maximum Gasteiger partial charge on any atom is 0.269 e. The van der Waals surface area contributed by atoms with Gasteiger partial charge >= 0.3 is 0 Å². The summed E-state index contributed by atoms with van der Waals surface area (Å²) >= 11 is 6.12. The van der Waals surface area contributed by atoms with E-state index in [4.69, 9.17) is 11.6 Å². The second kappa shape index (κ2) is 10.5. The molecule has 0 aliphatic carbocycles. The number of rotatable bonds is 7. The van der Waals surface area contributed by atoms with E-state index in [1.54, 1.807) is 12.3 Å². The third-order valence-corrected chi connectivity index (χ3v) is 5.94. The highest BCUT2D eigenvalue weighted by Gasteiger charge is 2.26. The van der Waals surface area contributed by atoms with Gasteiger partial charge in [0.25, 0.3) is 5.91 Å². The lowest BCUT2D eigenvalue weighted by atomic mass is 9.96. The fourth-order valence-electron chi connectivity index (χ4n) is 4.05. The first kappa shape index (κ1) is 21.5. The number of hydrogen-bond donors (Lipinski definition) is 1. The number of hydrogen-bond acceptors (Lipinski definition) is 4. The molecule has 1 amide bonds. The summed E-state index contributed by atoms with van der Waals surface area (Å²) in [6, 6.07) is 24.4. The van der Waals surface area contributed by atoms with E-state index in [0.717, 1.165) is 37.7 Å². The molecule has 5 nitrogen and oxygen atoms in total. The predicted octanol–water partition coefficient (Wildman–Crippen LogP) is 3.87. The maximum absolute atomic E-state index is 12.2. The molecule has 0 saturated carbocycles. The highest BCUT2D eigenvalue weighted by molar-refractivity contribution is 6.30. The Morgan fingerprint density at radius 1 is 0.903 bits per heavy atom. The van der Waals surface area contributed by atoms with Gasteiger partial charge in [0.2, 0.25) is 0 Å². The average Bonchev–Trinajstić information content (AvgIpc) is 2.83. The van der Waals surface area contributed by atoms with Gasteiger partial charge in [0.15, 0.2) is 0 Å². The maximum atomic E-state index is 12.2. The number of aromatic nitrogens is 1. The molecule has 0 spiro atoms.